The first-order valence-corrected chi connectivity index (χ1v) is 7.28. The third-order valence-corrected chi connectivity index (χ3v) is 3.91. The van der Waals surface area contributed by atoms with Crippen molar-refractivity contribution in [3.05, 3.63) is 44.7 Å². The third-order valence-electron chi connectivity index (χ3n) is 2.88. The van der Waals surface area contributed by atoms with E-state index in [0.717, 1.165) is 21.3 Å². The van der Waals surface area contributed by atoms with Gasteiger partial charge in [0.05, 0.1) is 23.3 Å². The minimum Gasteiger partial charge on any atom is -0.495 e. The van der Waals surface area contributed by atoms with E-state index < -0.39 is 0 Å². The molecule has 3 rings (SSSR count). The molecule has 1 aromatic carbocycles. The van der Waals surface area contributed by atoms with Gasteiger partial charge in [-0.25, -0.2) is 4.98 Å². The van der Waals surface area contributed by atoms with Crippen molar-refractivity contribution >= 4 is 50.9 Å². The van der Waals surface area contributed by atoms with E-state index in [9.17, 15) is 0 Å². The number of H-pyrrole nitrogens is 1. The van der Waals surface area contributed by atoms with Crippen molar-refractivity contribution in [1.82, 2.24) is 14.5 Å². The Morgan fingerprint density at radius 2 is 2.20 bits per heavy atom. The first-order chi connectivity index (χ1) is 9.60. The Labute approximate surface area is 133 Å². The number of hydrogen-bond donors (Lipinski definition) is 1. The van der Waals surface area contributed by atoms with E-state index in [1.165, 1.54) is 0 Å². The van der Waals surface area contributed by atoms with Crippen LogP contribution in [0.5, 0.6) is 5.75 Å². The van der Waals surface area contributed by atoms with Gasteiger partial charge < -0.3 is 9.72 Å². The summed E-state index contributed by atoms with van der Waals surface area (Å²) in [5.74, 6) is 0.595. The Morgan fingerprint density at radius 1 is 1.40 bits per heavy atom. The molecular formula is C13H9BrClN3OS. The Morgan fingerprint density at radius 3 is 2.95 bits per heavy atom. The summed E-state index contributed by atoms with van der Waals surface area (Å²) in [7, 11) is 1.58. The highest BCUT2D eigenvalue weighted by Crippen LogP contribution is 2.28. The maximum absolute atomic E-state index is 6.05. The van der Waals surface area contributed by atoms with E-state index in [4.69, 9.17) is 28.6 Å². The van der Waals surface area contributed by atoms with Crippen LogP contribution in [-0.2, 0) is 0 Å². The molecule has 3 aromatic rings. The molecule has 0 aliphatic heterocycles. The molecule has 0 bridgehead atoms. The number of halogens is 2. The van der Waals surface area contributed by atoms with E-state index in [1.54, 1.807) is 19.4 Å². The third kappa shape index (κ3) is 2.24. The molecule has 0 aliphatic rings. The van der Waals surface area contributed by atoms with Crippen molar-refractivity contribution in [1.29, 1.82) is 0 Å². The quantitative estimate of drug-likeness (QED) is 0.675. The molecule has 0 amide bonds. The smallest absolute Gasteiger partial charge is 0.184 e. The number of nitrogens with one attached hydrogen (secondary N) is 1. The number of nitrogens with zero attached hydrogens (tertiary/aromatic N) is 2. The predicted octanol–water partition coefficient (Wildman–Crippen LogP) is 4.51. The Hall–Kier alpha value is -1.37. The summed E-state index contributed by atoms with van der Waals surface area (Å²) in [5.41, 5.74) is 2.46. The van der Waals surface area contributed by atoms with Gasteiger partial charge in [0.15, 0.2) is 10.4 Å². The molecule has 0 aliphatic carbocycles. The fourth-order valence-electron chi connectivity index (χ4n) is 2.00. The maximum atomic E-state index is 6.05. The maximum Gasteiger partial charge on any atom is 0.184 e. The fourth-order valence-corrected chi connectivity index (χ4v) is 2.82. The van der Waals surface area contributed by atoms with Crippen LogP contribution in [0.2, 0.25) is 5.02 Å². The summed E-state index contributed by atoms with van der Waals surface area (Å²) in [5, 5.41) is 0.554. The predicted molar refractivity (Wildman–Crippen MR) is 85.5 cm³/mol. The molecule has 4 nitrogen and oxygen atoms in total. The number of ether oxygens (including phenoxy) is 1. The van der Waals surface area contributed by atoms with Crippen molar-refractivity contribution in [2.24, 2.45) is 0 Å². The van der Waals surface area contributed by atoms with Gasteiger partial charge in [-0.1, -0.05) is 11.6 Å². The summed E-state index contributed by atoms with van der Waals surface area (Å²) in [6, 6.07) is 7.41. The SMILES string of the molecule is COc1cc(-n2c(=S)[nH]c3cc(Br)cnc32)ccc1Cl. The van der Waals surface area contributed by atoms with Crippen LogP contribution in [0, 0.1) is 4.77 Å². The minimum absolute atomic E-state index is 0.554. The van der Waals surface area contributed by atoms with Crippen molar-refractivity contribution in [3.8, 4) is 11.4 Å². The van der Waals surface area contributed by atoms with Crippen molar-refractivity contribution in [2.45, 2.75) is 0 Å². The van der Waals surface area contributed by atoms with Gasteiger partial charge in [0.1, 0.15) is 5.75 Å². The fraction of sp³-hybridized carbons (Fsp3) is 0.0769. The van der Waals surface area contributed by atoms with Crippen molar-refractivity contribution in [2.75, 3.05) is 7.11 Å². The van der Waals surface area contributed by atoms with Gasteiger partial charge >= 0.3 is 0 Å². The zero-order valence-corrected chi connectivity index (χ0v) is 13.5. The molecular weight excluding hydrogens is 362 g/mol. The van der Waals surface area contributed by atoms with E-state index in [-0.39, 0.29) is 0 Å². The van der Waals surface area contributed by atoms with Gasteiger partial charge in [-0.05, 0) is 46.3 Å². The molecule has 2 aromatic heterocycles. The number of benzene rings is 1. The number of methoxy groups -OCH3 is 1. The Balaban J connectivity index is 2.29. The zero-order valence-electron chi connectivity index (χ0n) is 10.4. The highest BCUT2D eigenvalue weighted by molar-refractivity contribution is 9.10. The largest absolute Gasteiger partial charge is 0.495 e. The molecule has 102 valence electrons. The van der Waals surface area contributed by atoms with Gasteiger partial charge in [0, 0.05) is 16.7 Å². The molecule has 1 N–H and O–H groups in total. The van der Waals surface area contributed by atoms with Crippen LogP contribution in [0.4, 0.5) is 0 Å². The van der Waals surface area contributed by atoms with Crippen LogP contribution in [-0.4, -0.2) is 21.6 Å². The Bertz CT molecular complexity index is 858. The number of fused-ring (bicyclic) bond motifs is 1. The van der Waals surface area contributed by atoms with Crippen LogP contribution in [0.1, 0.15) is 0 Å². The minimum atomic E-state index is 0.554. The average molecular weight is 371 g/mol. The number of hydrogen-bond acceptors (Lipinski definition) is 3. The average Bonchev–Trinajstić information content (AvgIpc) is 2.74. The van der Waals surface area contributed by atoms with E-state index >= 15 is 0 Å². The van der Waals surface area contributed by atoms with Gasteiger partial charge in [0.2, 0.25) is 0 Å². The second-order valence-electron chi connectivity index (χ2n) is 4.11. The lowest BCUT2D eigenvalue weighted by Gasteiger charge is -2.08. The zero-order chi connectivity index (χ0) is 14.3. The normalized spacial score (nSPS) is 10.9. The van der Waals surface area contributed by atoms with Gasteiger partial charge in [-0.2, -0.15) is 0 Å². The van der Waals surface area contributed by atoms with Gasteiger partial charge in [-0.3, -0.25) is 4.57 Å². The van der Waals surface area contributed by atoms with Crippen LogP contribution < -0.4 is 4.74 Å². The lowest BCUT2D eigenvalue weighted by Crippen LogP contribution is -1.96. The molecule has 2 heterocycles. The van der Waals surface area contributed by atoms with E-state index in [1.807, 2.05) is 22.8 Å². The molecule has 0 fully saturated rings. The second-order valence-corrected chi connectivity index (χ2v) is 5.82. The first-order valence-electron chi connectivity index (χ1n) is 5.70. The Kier molecular flexibility index (Phi) is 3.54. The van der Waals surface area contributed by atoms with Crippen LogP contribution in [0.15, 0.2) is 34.9 Å². The number of pyridine rings is 1. The molecule has 0 saturated carbocycles. The van der Waals surface area contributed by atoms with Crippen molar-refractivity contribution in [3.63, 3.8) is 0 Å². The molecule has 20 heavy (non-hydrogen) atoms. The summed E-state index contributed by atoms with van der Waals surface area (Å²) < 4.78 is 8.54. The van der Waals surface area contributed by atoms with Crippen LogP contribution in [0.3, 0.4) is 0 Å². The summed E-state index contributed by atoms with van der Waals surface area (Å²) in [4.78, 5) is 7.53. The van der Waals surface area contributed by atoms with Gasteiger partial charge in [-0.15, -0.1) is 0 Å². The topological polar surface area (TPSA) is 42.8 Å². The second kappa shape index (κ2) is 5.20. The van der Waals surface area contributed by atoms with E-state index in [0.29, 0.717) is 15.5 Å². The lowest BCUT2D eigenvalue weighted by atomic mass is 10.3. The number of aromatic amines is 1. The highest BCUT2D eigenvalue weighted by Gasteiger charge is 2.10. The van der Waals surface area contributed by atoms with E-state index in [2.05, 4.69) is 25.9 Å². The summed E-state index contributed by atoms with van der Waals surface area (Å²) >= 11 is 14.8. The standard InChI is InChI=1S/C13H9BrClN3OS/c1-19-11-5-8(2-3-9(11)15)18-12-10(17-13(18)20)4-7(14)6-16-12/h2-6H,1H3,(H,17,20). The van der Waals surface area contributed by atoms with Crippen LogP contribution >= 0.6 is 39.7 Å². The summed E-state index contributed by atoms with van der Waals surface area (Å²) in [6.07, 6.45) is 1.73. The lowest BCUT2D eigenvalue weighted by molar-refractivity contribution is 0.415. The summed E-state index contributed by atoms with van der Waals surface area (Å²) in [6.45, 7) is 0. The van der Waals surface area contributed by atoms with Gasteiger partial charge in [0.25, 0.3) is 0 Å². The van der Waals surface area contributed by atoms with Crippen molar-refractivity contribution < 1.29 is 4.74 Å². The van der Waals surface area contributed by atoms with Crippen LogP contribution in [0.25, 0.3) is 16.9 Å². The number of aromatic nitrogens is 3. The monoisotopic (exact) mass is 369 g/mol. The first kappa shape index (κ1) is 13.6. The number of imidazole rings is 1. The molecule has 0 saturated heterocycles. The molecule has 0 unspecified atom stereocenters. The molecule has 7 heteroatoms. The highest BCUT2D eigenvalue weighted by atomic mass is 79.9. The molecule has 0 spiro atoms. The molecule has 0 atom stereocenters. The molecule has 0 radical (unpaired) electrons. The number of rotatable bonds is 2.